The van der Waals surface area contributed by atoms with Crippen LogP contribution in [-0.2, 0) is 4.79 Å². The molecule has 1 aliphatic heterocycles. The number of para-hydroxylation sites is 1. The SMILES string of the molecule is CCCCCCN1CC=C(c2c[nH]c3ccc(NC(=O)CCCOc4ccccc4)cc23)CC1. The fraction of sp³-hybridized carbons (Fsp3) is 0.414. The molecule has 2 heterocycles. The number of ether oxygens (including phenoxy) is 1. The van der Waals surface area contributed by atoms with Crippen molar-refractivity contribution >= 4 is 28.1 Å². The molecule has 1 amide bonds. The quantitative estimate of drug-likeness (QED) is 0.299. The monoisotopic (exact) mass is 459 g/mol. The molecule has 0 aliphatic carbocycles. The van der Waals surface area contributed by atoms with E-state index in [0.717, 1.165) is 36.5 Å². The number of amides is 1. The van der Waals surface area contributed by atoms with Gasteiger partial charge in [-0.05, 0) is 61.7 Å². The summed E-state index contributed by atoms with van der Waals surface area (Å²) in [5, 5.41) is 4.23. The number of unbranched alkanes of at least 4 members (excludes halogenated alkanes) is 3. The predicted octanol–water partition coefficient (Wildman–Crippen LogP) is 6.64. The molecule has 2 N–H and O–H groups in total. The van der Waals surface area contributed by atoms with Crippen molar-refractivity contribution in [2.45, 2.75) is 51.9 Å². The van der Waals surface area contributed by atoms with Crippen LogP contribution in [0.15, 0.2) is 60.8 Å². The van der Waals surface area contributed by atoms with E-state index in [9.17, 15) is 4.79 Å². The highest BCUT2D eigenvalue weighted by atomic mass is 16.5. The van der Waals surface area contributed by atoms with Crippen LogP contribution in [0, 0.1) is 0 Å². The molecule has 34 heavy (non-hydrogen) atoms. The topological polar surface area (TPSA) is 57.4 Å². The summed E-state index contributed by atoms with van der Waals surface area (Å²) in [5.74, 6) is 0.855. The maximum Gasteiger partial charge on any atom is 0.224 e. The summed E-state index contributed by atoms with van der Waals surface area (Å²) in [6.45, 7) is 6.13. The predicted molar refractivity (Wildman–Crippen MR) is 141 cm³/mol. The minimum atomic E-state index is 0.0173. The zero-order valence-electron chi connectivity index (χ0n) is 20.3. The van der Waals surface area contributed by atoms with E-state index in [1.54, 1.807) is 0 Å². The Morgan fingerprint density at radius 1 is 1.09 bits per heavy atom. The molecule has 5 nitrogen and oxygen atoms in total. The molecule has 4 rings (SSSR count). The van der Waals surface area contributed by atoms with Gasteiger partial charge in [0.1, 0.15) is 5.75 Å². The summed E-state index contributed by atoms with van der Waals surface area (Å²) in [6, 6.07) is 15.8. The second-order valence-electron chi connectivity index (χ2n) is 9.12. The van der Waals surface area contributed by atoms with Crippen LogP contribution in [0.3, 0.4) is 0 Å². The van der Waals surface area contributed by atoms with Gasteiger partial charge >= 0.3 is 0 Å². The lowest BCUT2D eigenvalue weighted by atomic mass is 9.98. The van der Waals surface area contributed by atoms with Crippen molar-refractivity contribution in [1.82, 2.24) is 9.88 Å². The van der Waals surface area contributed by atoms with Crippen molar-refractivity contribution < 1.29 is 9.53 Å². The van der Waals surface area contributed by atoms with Crippen molar-refractivity contribution in [3.63, 3.8) is 0 Å². The number of nitrogens with zero attached hydrogens (tertiary/aromatic N) is 1. The molecule has 0 spiro atoms. The van der Waals surface area contributed by atoms with E-state index in [1.165, 1.54) is 48.8 Å². The van der Waals surface area contributed by atoms with Crippen LogP contribution in [-0.4, -0.2) is 42.0 Å². The van der Waals surface area contributed by atoms with Crippen LogP contribution in [0.1, 0.15) is 57.4 Å². The maximum atomic E-state index is 12.5. The molecule has 0 saturated carbocycles. The van der Waals surface area contributed by atoms with Crippen LogP contribution >= 0.6 is 0 Å². The molecule has 5 heteroatoms. The lowest BCUT2D eigenvalue weighted by Crippen LogP contribution is -2.29. The van der Waals surface area contributed by atoms with E-state index >= 15 is 0 Å². The van der Waals surface area contributed by atoms with Gasteiger partial charge in [-0.15, -0.1) is 0 Å². The van der Waals surface area contributed by atoms with Crippen molar-refractivity contribution in [3.05, 3.63) is 66.4 Å². The number of carbonyl (C=O) groups excluding carboxylic acids is 1. The van der Waals surface area contributed by atoms with Gasteiger partial charge in [0.2, 0.25) is 5.91 Å². The Balaban J connectivity index is 1.30. The largest absolute Gasteiger partial charge is 0.494 e. The van der Waals surface area contributed by atoms with Crippen molar-refractivity contribution in [1.29, 1.82) is 0 Å². The lowest BCUT2D eigenvalue weighted by molar-refractivity contribution is -0.116. The minimum Gasteiger partial charge on any atom is -0.494 e. The summed E-state index contributed by atoms with van der Waals surface area (Å²) < 4.78 is 5.68. The summed E-state index contributed by atoms with van der Waals surface area (Å²) in [4.78, 5) is 18.4. The molecule has 180 valence electrons. The standard InChI is InChI=1S/C29H37N3O2/c1-2-3-4-8-17-32-18-15-23(16-19-32)27-22-30-28-14-13-24(21-26(27)28)31-29(33)12-9-20-34-25-10-6-5-7-11-25/h5-7,10-11,13-15,21-22,30H,2-4,8-9,12,16-20H2,1H3,(H,31,33). The third kappa shape index (κ3) is 6.73. The van der Waals surface area contributed by atoms with Gasteiger partial charge in [0.05, 0.1) is 6.61 Å². The summed E-state index contributed by atoms with van der Waals surface area (Å²) in [6.07, 6.45) is 11.9. The number of hydrogen-bond acceptors (Lipinski definition) is 3. The fourth-order valence-corrected chi connectivity index (χ4v) is 4.55. The molecule has 1 aromatic heterocycles. The van der Waals surface area contributed by atoms with Gasteiger partial charge in [-0.3, -0.25) is 9.69 Å². The van der Waals surface area contributed by atoms with Gasteiger partial charge in [0.15, 0.2) is 0 Å². The second-order valence-corrected chi connectivity index (χ2v) is 9.12. The van der Waals surface area contributed by atoms with Gasteiger partial charge in [0.25, 0.3) is 0 Å². The van der Waals surface area contributed by atoms with Gasteiger partial charge in [0, 0.05) is 47.9 Å². The van der Waals surface area contributed by atoms with Crippen molar-refractivity contribution in [3.8, 4) is 5.75 Å². The van der Waals surface area contributed by atoms with E-state index in [4.69, 9.17) is 4.74 Å². The number of carbonyl (C=O) groups is 1. The Bertz CT molecular complexity index is 1090. The molecular formula is C29H37N3O2. The van der Waals surface area contributed by atoms with Crippen molar-refractivity contribution in [2.75, 3.05) is 31.6 Å². The average molecular weight is 460 g/mol. The third-order valence-corrected chi connectivity index (χ3v) is 6.49. The Labute approximate surface area is 203 Å². The molecule has 3 aromatic rings. The first-order valence-corrected chi connectivity index (χ1v) is 12.7. The number of hydrogen-bond donors (Lipinski definition) is 2. The summed E-state index contributed by atoms with van der Waals surface area (Å²) in [5.41, 5.74) is 4.61. The first-order valence-electron chi connectivity index (χ1n) is 12.7. The van der Waals surface area contributed by atoms with E-state index in [1.807, 2.05) is 36.4 Å². The Morgan fingerprint density at radius 2 is 1.97 bits per heavy atom. The van der Waals surface area contributed by atoms with Gasteiger partial charge in [-0.1, -0.05) is 50.5 Å². The maximum absolute atomic E-state index is 12.5. The van der Waals surface area contributed by atoms with E-state index in [0.29, 0.717) is 19.4 Å². The zero-order valence-corrected chi connectivity index (χ0v) is 20.3. The molecule has 0 radical (unpaired) electrons. The van der Waals surface area contributed by atoms with Gasteiger partial charge < -0.3 is 15.0 Å². The van der Waals surface area contributed by atoms with Crippen LogP contribution in [0.4, 0.5) is 5.69 Å². The van der Waals surface area contributed by atoms with Crippen LogP contribution in [0.2, 0.25) is 0 Å². The molecule has 0 fully saturated rings. The summed E-state index contributed by atoms with van der Waals surface area (Å²) >= 11 is 0. The smallest absolute Gasteiger partial charge is 0.224 e. The molecule has 0 atom stereocenters. The highest BCUT2D eigenvalue weighted by molar-refractivity contribution is 5.98. The number of fused-ring (bicyclic) bond motifs is 1. The average Bonchev–Trinajstić information content (AvgIpc) is 3.29. The van der Waals surface area contributed by atoms with Gasteiger partial charge in [-0.25, -0.2) is 0 Å². The number of rotatable bonds is 12. The molecular weight excluding hydrogens is 422 g/mol. The minimum absolute atomic E-state index is 0.0173. The number of H-pyrrole nitrogens is 1. The molecule has 0 bridgehead atoms. The Hall–Kier alpha value is -3.05. The first kappa shape index (κ1) is 24.1. The Morgan fingerprint density at radius 3 is 2.76 bits per heavy atom. The number of aromatic nitrogens is 1. The number of benzene rings is 2. The highest BCUT2D eigenvalue weighted by Crippen LogP contribution is 2.31. The van der Waals surface area contributed by atoms with Gasteiger partial charge in [-0.2, -0.15) is 0 Å². The zero-order chi connectivity index (χ0) is 23.6. The van der Waals surface area contributed by atoms with E-state index in [-0.39, 0.29) is 5.91 Å². The fourth-order valence-electron chi connectivity index (χ4n) is 4.55. The molecule has 0 saturated heterocycles. The second kappa shape index (κ2) is 12.4. The molecule has 0 unspecified atom stereocenters. The lowest BCUT2D eigenvalue weighted by Gasteiger charge is -2.26. The molecule has 2 aromatic carbocycles. The number of anilines is 1. The summed E-state index contributed by atoms with van der Waals surface area (Å²) in [7, 11) is 0. The van der Waals surface area contributed by atoms with E-state index in [2.05, 4.69) is 46.5 Å². The normalized spacial score (nSPS) is 14.2. The van der Waals surface area contributed by atoms with E-state index < -0.39 is 0 Å². The van der Waals surface area contributed by atoms with Crippen LogP contribution < -0.4 is 10.1 Å². The molecule has 1 aliphatic rings. The van der Waals surface area contributed by atoms with Crippen molar-refractivity contribution in [2.24, 2.45) is 0 Å². The number of aromatic amines is 1. The van der Waals surface area contributed by atoms with Crippen LogP contribution in [0.25, 0.3) is 16.5 Å². The Kier molecular flexibility index (Phi) is 8.80. The number of nitrogens with one attached hydrogen (secondary N) is 2. The van der Waals surface area contributed by atoms with Crippen LogP contribution in [0.5, 0.6) is 5.75 Å². The highest BCUT2D eigenvalue weighted by Gasteiger charge is 2.16. The first-order chi connectivity index (χ1) is 16.7. The third-order valence-electron chi connectivity index (χ3n) is 6.49.